The summed E-state index contributed by atoms with van der Waals surface area (Å²) in [6.07, 6.45) is -0.120. The van der Waals surface area contributed by atoms with Crippen molar-refractivity contribution >= 4 is 34.8 Å². The van der Waals surface area contributed by atoms with Gasteiger partial charge in [0.05, 0.1) is 6.42 Å². The predicted octanol–water partition coefficient (Wildman–Crippen LogP) is 1.39. The number of hydrogen-bond acceptors (Lipinski definition) is 4. The van der Waals surface area contributed by atoms with E-state index in [4.69, 9.17) is 16.7 Å². The number of carboxylic acids is 1. The van der Waals surface area contributed by atoms with E-state index < -0.39 is 17.9 Å². The topological polar surface area (TPSA) is 79.3 Å². The van der Waals surface area contributed by atoms with Crippen LogP contribution in [-0.2, 0) is 4.79 Å². The van der Waals surface area contributed by atoms with E-state index in [1.807, 2.05) is 0 Å². The van der Waals surface area contributed by atoms with E-state index >= 15 is 0 Å². The van der Waals surface area contributed by atoms with Crippen molar-refractivity contribution in [1.82, 2.24) is 10.3 Å². The van der Waals surface area contributed by atoms with Crippen LogP contribution in [0.1, 0.15) is 23.1 Å². The van der Waals surface area contributed by atoms with Gasteiger partial charge in [-0.2, -0.15) is 0 Å². The van der Waals surface area contributed by atoms with Crippen molar-refractivity contribution in [2.24, 2.45) is 0 Å². The number of aromatic nitrogens is 1. The molecule has 0 saturated carbocycles. The smallest absolute Gasteiger partial charge is 0.305 e. The van der Waals surface area contributed by atoms with Crippen molar-refractivity contribution in [3.8, 4) is 0 Å². The van der Waals surface area contributed by atoms with Gasteiger partial charge in [-0.15, -0.1) is 11.3 Å². The van der Waals surface area contributed by atoms with Gasteiger partial charge in [-0.25, -0.2) is 4.98 Å². The van der Waals surface area contributed by atoms with Crippen LogP contribution in [0.2, 0.25) is 5.15 Å². The molecular formula is C8H9ClN2O3S. The Morgan fingerprint density at radius 2 is 2.40 bits per heavy atom. The van der Waals surface area contributed by atoms with Crippen molar-refractivity contribution < 1.29 is 14.7 Å². The van der Waals surface area contributed by atoms with Crippen LogP contribution in [0.4, 0.5) is 0 Å². The zero-order valence-electron chi connectivity index (χ0n) is 7.86. The summed E-state index contributed by atoms with van der Waals surface area (Å²) in [6, 6.07) is -0.433. The summed E-state index contributed by atoms with van der Waals surface area (Å²) >= 11 is 6.67. The number of carbonyl (C=O) groups excluding carboxylic acids is 1. The lowest BCUT2D eigenvalue weighted by atomic mass is 10.2. The fourth-order valence-corrected chi connectivity index (χ4v) is 1.80. The molecule has 82 valence electrons. The Hall–Kier alpha value is -1.14. The summed E-state index contributed by atoms with van der Waals surface area (Å²) in [6.45, 7) is 1.61. The van der Waals surface area contributed by atoms with Crippen molar-refractivity contribution in [3.05, 3.63) is 15.5 Å². The SMILES string of the molecule is C[C@H](CC(=O)O)NC(=O)c1nc(Cl)cs1. The summed E-state index contributed by atoms with van der Waals surface area (Å²) < 4.78 is 0. The lowest BCUT2D eigenvalue weighted by Crippen LogP contribution is -2.34. The van der Waals surface area contributed by atoms with Gasteiger partial charge in [0.1, 0.15) is 5.15 Å². The van der Waals surface area contributed by atoms with Crippen LogP contribution in [0.15, 0.2) is 5.38 Å². The van der Waals surface area contributed by atoms with E-state index in [2.05, 4.69) is 10.3 Å². The standard InChI is InChI=1S/C8H9ClN2O3S/c1-4(2-6(12)13)10-7(14)8-11-5(9)3-15-8/h3-4H,2H2,1H3,(H,10,14)(H,12,13)/t4-/m1/s1. The van der Waals surface area contributed by atoms with Crippen molar-refractivity contribution in [2.75, 3.05) is 0 Å². The summed E-state index contributed by atoms with van der Waals surface area (Å²) in [5.41, 5.74) is 0. The lowest BCUT2D eigenvalue weighted by Gasteiger charge is -2.09. The first kappa shape index (κ1) is 11.9. The Morgan fingerprint density at radius 3 is 2.87 bits per heavy atom. The molecule has 0 aromatic carbocycles. The average Bonchev–Trinajstić information content (AvgIpc) is 2.49. The largest absolute Gasteiger partial charge is 0.481 e. The maximum atomic E-state index is 11.4. The molecule has 1 atom stereocenters. The number of halogens is 1. The number of thiazole rings is 1. The molecule has 0 aliphatic heterocycles. The highest BCUT2D eigenvalue weighted by Gasteiger charge is 2.15. The number of hydrogen-bond donors (Lipinski definition) is 2. The highest BCUT2D eigenvalue weighted by Crippen LogP contribution is 2.13. The molecule has 0 spiro atoms. The maximum absolute atomic E-state index is 11.4. The second-order valence-corrected chi connectivity index (χ2v) is 4.19. The Morgan fingerprint density at radius 1 is 1.73 bits per heavy atom. The van der Waals surface area contributed by atoms with Crippen LogP contribution in [0.3, 0.4) is 0 Å². The van der Waals surface area contributed by atoms with E-state index in [1.165, 1.54) is 0 Å². The number of carbonyl (C=O) groups is 2. The first-order valence-electron chi connectivity index (χ1n) is 4.12. The van der Waals surface area contributed by atoms with Gasteiger partial charge in [0.2, 0.25) is 0 Å². The first-order valence-corrected chi connectivity index (χ1v) is 5.38. The maximum Gasteiger partial charge on any atom is 0.305 e. The molecule has 0 aliphatic carbocycles. The quantitative estimate of drug-likeness (QED) is 0.844. The molecule has 5 nitrogen and oxygen atoms in total. The molecule has 1 aromatic rings. The first-order chi connectivity index (χ1) is 6.99. The Bertz CT molecular complexity index is 380. The molecular weight excluding hydrogens is 240 g/mol. The molecule has 0 fully saturated rings. The Labute approximate surface area is 95.1 Å². The van der Waals surface area contributed by atoms with E-state index in [9.17, 15) is 9.59 Å². The summed E-state index contributed by atoms with van der Waals surface area (Å²) in [5.74, 6) is -1.36. The average molecular weight is 249 g/mol. The molecule has 15 heavy (non-hydrogen) atoms. The minimum absolute atomic E-state index is 0.120. The second kappa shape index (κ2) is 5.09. The molecule has 0 radical (unpaired) electrons. The van der Waals surface area contributed by atoms with Crippen LogP contribution in [0.5, 0.6) is 0 Å². The number of amides is 1. The van der Waals surface area contributed by atoms with Gasteiger partial charge >= 0.3 is 5.97 Å². The lowest BCUT2D eigenvalue weighted by molar-refractivity contribution is -0.137. The Balaban J connectivity index is 2.52. The fourth-order valence-electron chi connectivity index (χ4n) is 0.957. The van der Waals surface area contributed by atoms with E-state index in [0.29, 0.717) is 0 Å². The highest BCUT2D eigenvalue weighted by atomic mass is 35.5. The zero-order valence-corrected chi connectivity index (χ0v) is 9.43. The molecule has 2 N–H and O–H groups in total. The fraction of sp³-hybridized carbons (Fsp3) is 0.375. The third-order valence-corrected chi connectivity index (χ3v) is 2.69. The molecule has 1 amide bonds. The van der Waals surface area contributed by atoms with Gasteiger partial charge in [-0.3, -0.25) is 9.59 Å². The molecule has 0 saturated heterocycles. The predicted molar refractivity (Wildman–Crippen MR) is 56.3 cm³/mol. The van der Waals surface area contributed by atoms with Crippen LogP contribution >= 0.6 is 22.9 Å². The van der Waals surface area contributed by atoms with E-state index in [0.717, 1.165) is 11.3 Å². The van der Waals surface area contributed by atoms with Crippen LogP contribution in [-0.4, -0.2) is 28.0 Å². The summed E-state index contributed by atoms with van der Waals surface area (Å²) in [5, 5.41) is 13.0. The molecule has 0 bridgehead atoms. The number of carboxylic acid groups (broad SMARTS) is 1. The number of nitrogens with one attached hydrogen (secondary N) is 1. The van der Waals surface area contributed by atoms with Gasteiger partial charge in [0.15, 0.2) is 5.01 Å². The van der Waals surface area contributed by atoms with Gasteiger partial charge in [-0.1, -0.05) is 11.6 Å². The monoisotopic (exact) mass is 248 g/mol. The Kier molecular flexibility index (Phi) is 4.05. The van der Waals surface area contributed by atoms with E-state index in [1.54, 1.807) is 12.3 Å². The normalized spacial score (nSPS) is 12.1. The van der Waals surface area contributed by atoms with E-state index in [-0.39, 0.29) is 16.6 Å². The number of nitrogens with zero attached hydrogens (tertiary/aromatic N) is 1. The molecule has 0 unspecified atom stereocenters. The third kappa shape index (κ3) is 3.85. The molecule has 1 aromatic heterocycles. The van der Waals surface area contributed by atoms with Crippen molar-refractivity contribution in [1.29, 1.82) is 0 Å². The van der Waals surface area contributed by atoms with Crippen molar-refractivity contribution in [2.45, 2.75) is 19.4 Å². The van der Waals surface area contributed by atoms with Crippen LogP contribution in [0, 0.1) is 0 Å². The van der Waals surface area contributed by atoms with Gasteiger partial charge in [0.25, 0.3) is 5.91 Å². The molecule has 1 heterocycles. The minimum atomic E-state index is -0.958. The number of rotatable bonds is 4. The zero-order chi connectivity index (χ0) is 11.4. The number of aliphatic carboxylic acids is 1. The highest BCUT2D eigenvalue weighted by molar-refractivity contribution is 7.12. The molecule has 7 heteroatoms. The van der Waals surface area contributed by atoms with Gasteiger partial charge < -0.3 is 10.4 Å². The van der Waals surface area contributed by atoms with Gasteiger partial charge in [-0.05, 0) is 6.92 Å². The summed E-state index contributed by atoms with van der Waals surface area (Å²) in [7, 11) is 0. The van der Waals surface area contributed by atoms with Crippen molar-refractivity contribution in [3.63, 3.8) is 0 Å². The second-order valence-electron chi connectivity index (χ2n) is 2.95. The molecule has 1 rings (SSSR count). The van der Waals surface area contributed by atoms with Gasteiger partial charge in [0, 0.05) is 11.4 Å². The molecule has 0 aliphatic rings. The van der Waals surface area contributed by atoms with Crippen LogP contribution < -0.4 is 5.32 Å². The third-order valence-electron chi connectivity index (χ3n) is 1.53. The summed E-state index contributed by atoms with van der Waals surface area (Å²) in [4.78, 5) is 25.5. The minimum Gasteiger partial charge on any atom is -0.481 e. The van der Waals surface area contributed by atoms with Crippen LogP contribution in [0.25, 0.3) is 0 Å².